The van der Waals surface area contributed by atoms with Crippen LogP contribution in [0.5, 0.6) is 0 Å². The SMILES string of the molecule is c1ccc(-c2ccc(N(c3cc(-c4ccccn4)ccc3-c3ccc4c5ccccc5n(-c5ccccc5)c4c3)c3cccc4oc5ccccc5c34)cc2)cc1. The standard InChI is InChI=1S/C53H35N3O/c1-3-14-36(15-4-1)37-25-29-41(30-26-37)56(48-22-13-24-52-53(48)45-19-8-10-23-51(45)57-52)49-35-39(46-20-11-12-33-54-46)28-31-42(49)38-27-32-44-43-18-7-9-21-47(43)55(50(44)34-38)40-16-5-2-6-17-40/h1-35H. The van der Waals surface area contributed by atoms with E-state index in [1.54, 1.807) is 0 Å². The van der Waals surface area contributed by atoms with Gasteiger partial charge in [-0.15, -0.1) is 0 Å². The largest absolute Gasteiger partial charge is 0.456 e. The zero-order chi connectivity index (χ0) is 37.7. The van der Waals surface area contributed by atoms with Crippen LogP contribution in [0.1, 0.15) is 0 Å². The molecule has 11 aromatic rings. The third-order valence-corrected chi connectivity index (χ3v) is 11.1. The summed E-state index contributed by atoms with van der Waals surface area (Å²) in [7, 11) is 0. The van der Waals surface area contributed by atoms with E-state index in [9.17, 15) is 0 Å². The first kappa shape index (κ1) is 32.7. The molecule has 0 bridgehead atoms. The van der Waals surface area contributed by atoms with Crippen molar-refractivity contribution in [2.24, 2.45) is 0 Å². The fourth-order valence-electron chi connectivity index (χ4n) is 8.43. The molecule has 268 valence electrons. The van der Waals surface area contributed by atoms with Gasteiger partial charge in [-0.05, 0) is 89.5 Å². The van der Waals surface area contributed by atoms with Crippen molar-refractivity contribution in [1.82, 2.24) is 9.55 Å². The normalized spacial score (nSPS) is 11.5. The number of para-hydroxylation sites is 3. The highest BCUT2D eigenvalue weighted by Gasteiger charge is 2.24. The fourth-order valence-corrected chi connectivity index (χ4v) is 8.43. The molecule has 0 N–H and O–H groups in total. The minimum absolute atomic E-state index is 0.843. The van der Waals surface area contributed by atoms with E-state index in [4.69, 9.17) is 9.40 Å². The summed E-state index contributed by atoms with van der Waals surface area (Å²) < 4.78 is 8.88. The molecule has 57 heavy (non-hydrogen) atoms. The number of hydrogen-bond acceptors (Lipinski definition) is 3. The molecule has 4 heteroatoms. The second-order valence-corrected chi connectivity index (χ2v) is 14.4. The van der Waals surface area contributed by atoms with Crippen molar-refractivity contribution in [3.05, 3.63) is 212 Å². The number of aromatic nitrogens is 2. The Bertz CT molecular complexity index is 3220. The molecule has 0 saturated heterocycles. The van der Waals surface area contributed by atoms with Gasteiger partial charge in [-0.1, -0.05) is 133 Å². The molecule has 0 aliphatic carbocycles. The number of rotatable bonds is 7. The molecule has 0 fully saturated rings. The van der Waals surface area contributed by atoms with E-state index < -0.39 is 0 Å². The molecule has 0 aliphatic heterocycles. The Morgan fingerprint density at radius 1 is 0.421 bits per heavy atom. The Balaban J connectivity index is 1.20. The van der Waals surface area contributed by atoms with Gasteiger partial charge < -0.3 is 13.9 Å². The van der Waals surface area contributed by atoms with Crippen molar-refractivity contribution >= 4 is 60.8 Å². The highest BCUT2D eigenvalue weighted by molar-refractivity contribution is 6.14. The zero-order valence-electron chi connectivity index (χ0n) is 31.0. The number of hydrogen-bond donors (Lipinski definition) is 0. The number of pyridine rings is 1. The molecule has 4 nitrogen and oxygen atoms in total. The molecule has 3 aromatic heterocycles. The fraction of sp³-hybridized carbons (Fsp3) is 0. The van der Waals surface area contributed by atoms with Gasteiger partial charge in [0.1, 0.15) is 11.2 Å². The first-order valence-corrected chi connectivity index (χ1v) is 19.3. The third kappa shape index (κ3) is 5.58. The van der Waals surface area contributed by atoms with Crippen LogP contribution in [0.15, 0.2) is 217 Å². The highest BCUT2D eigenvalue weighted by atomic mass is 16.3. The van der Waals surface area contributed by atoms with Crippen molar-refractivity contribution in [2.45, 2.75) is 0 Å². The summed E-state index contributed by atoms with van der Waals surface area (Å²) in [6.45, 7) is 0. The van der Waals surface area contributed by atoms with Crippen molar-refractivity contribution in [1.29, 1.82) is 0 Å². The maximum absolute atomic E-state index is 6.49. The van der Waals surface area contributed by atoms with Crippen LogP contribution >= 0.6 is 0 Å². The van der Waals surface area contributed by atoms with Crippen LogP contribution in [-0.4, -0.2) is 9.55 Å². The number of furan rings is 1. The van der Waals surface area contributed by atoms with Gasteiger partial charge in [-0.3, -0.25) is 4.98 Å². The average molecular weight is 730 g/mol. The van der Waals surface area contributed by atoms with Crippen molar-refractivity contribution in [2.75, 3.05) is 4.90 Å². The van der Waals surface area contributed by atoms with Gasteiger partial charge in [0.25, 0.3) is 0 Å². The summed E-state index contributed by atoms with van der Waals surface area (Å²) in [5.41, 5.74) is 14.8. The van der Waals surface area contributed by atoms with Crippen LogP contribution in [0.2, 0.25) is 0 Å². The molecule has 0 atom stereocenters. The Labute approximate surface area is 330 Å². The van der Waals surface area contributed by atoms with E-state index in [1.165, 1.54) is 21.9 Å². The Kier molecular flexibility index (Phi) is 7.78. The molecule has 0 aliphatic rings. The summed E-state index contributed by atoms with van der Waals surface area (Å²) in [5.74, 6) is 0. The van der Waals surface area contributed by atoms with E-state index in [-0.39, 0.29) is 0 Å². The molecule has 8 aromatic carbocycles. The van der Waals surface area contributed by atoms with Crippen LogP contribution in [0.4, 0.5) is 17.1 Å². The van der Waals surface area contributed by atoms with Gasteiger partial charge >= 0.3 is 0 Å². The minimum atomic E-state index is 0.843. The molecular weight excluding hydrogens is 695 g/mol. The maximum atomic E-state index is 6.49. The summed E-state index contributed by atoms with van der Waals surface area (Å²) in [6, 6.07) is 73.2. The molecule has 0 radical (unpaired) electrons. The number of anilines is 3. The molecule has 0 saturated carbocycles. The van der Waals surface area contributed by atoms with Crippen LogP contribution in [0, 0.1) is 0 Å². The second-order valence-electron chi connectivity index (χ2n) is 14.4. The first-order valence-electron chi connectivity index (χ1n) is 19.3. The average Bonchev–Trinajstić information content (AvgIpc) is 3.84. The predicted octanol–water partition coefficient (Wildman–Crippen LogP) is 14.5. The van der Waals surface area contributed by atoms with E-state index >= 15 is 0 Å². The Morgan fingerprint density at radius 2 is 1.09 bits per heavy atom. The predicted molar refractivity (Wildman–Crippen MR) is 237 cm³/mol. The summed E-state index contributed by atoms with van der Waals surface area (Å²) in [6.07, 6.45) is 1.86. The molecule has 0 spiro atoms. The lowest BCUT2D eigenvalue weighted by Gasteiger charge is -2.29. The molecule has 0 amide bonds. The van der Waals surface area contributed by atoms with Gasteiger partial charge in [-0.2, -0.15) is 0 Å². The molecule has 11 rings (SSSR count). The van der Waals surface area contributed by atoms with E-state index in [1.807, 2.05) is 30.5 Å². The lowest BCUT2D eigenvalue weighted by molar-refractivity contribution is 0.669. The lowest BCUT2D eigenvalue weighted by atomic mass is 9.96. The molecule has 3 heterocycles. The van der Waals surface area contributed by atoms with Gasteiger partial charge in [0.05, 0.1) is 33.5 Å². The Morgan fingerprint density at radius 3 is 1.91 bits per heavy atom. The van der Waals surface area contributed by atoms with Crippen LogP contribution in [0.25, 0.3) is 82.9 Å². The quantitative estimate of drug-likeness (QED) is 0.164. The number of nitrogens with zero attached hydrogens (tertiary/aromatic N) is 3. The van der Waals surface area contributed by atoms with Gasteiger partial charge in [0.15, 0.2) is 0 Å². The van der Waals surface area contributed by atoms with Crippen molar-refractivity contribution in [3.8, 4) is 39.2 Å². The zero-order valence-corrected chi connectivity index (χ0v) is 31.0. The first-order chi connectivity index (χ1) is 28.3. The summed E-state index contributed by atoms with van der Waals surface area (Å²) >= 11 is 0. The monoisotopic (exact) mass is 729 g/mol. The highest BCUT2D eigenvalue weighted by Crippen LogP contribution is 2.48. The van der Waals surface area contributed by atoms with Crippen LogP contribution in [0.3, 0.4) is 0 Å². The van der Waals surface area contributed by atoms with Crippen molar-refractivity contribution in [3.63, 3.8) is 0 Å². The van der Waals surface area contributed by atoms with Crippen LogP contribution in [-0.2, 0) is 0 Å². The number of fused-ring (bicyclic) bond motifs is 6. The maximum Gasteiger partial charge on any atom is 0.137 e. The number of benzene rings is 8. The summed E-state index contributed by atoms with van der Waals surface area (Å²) in [4.78, 5) is 7.20. The van der Waals surface area contributed by atoms with E-state index in [0.29, 0.717) is 0 Å². The lowest BCUT2D eigenvalue weighted by Crippen LogP contribution is -2.12. The summed E-state index contributed by atoms with van der Waals surface area (Å²) in [5, 5.41) is 4.58. The second kappa shape index (κ2) is 13.6. The third-order valence-electron chi connectivity index (χ3n) is 11.1. The van der Waals surface area contributed by atoms with E-state index in [0.717, 1.165) is 78.2 Å². The van der Waals surface area contributed by atoms with E-state index in [2.05, 4.69) is 191 Å². The topological polar surface area (TPSA) is 34.2 Å². The van der Waals surface area contributed by atoms with Gasteiger partial charge in [0, 0.05) is 44.9 Å². The Hall–Kier alpha value is -7.69. The van der Waals surface area contributed by atoms with Crippen molar-refractivity contribution < 1.29 is 4.42 Å². The van der Waals surface area contributed by atoms with Gasteiger partial charge in [-0.25, -0.2) is 0 Å². The van der Waals surface area contributed by atoms with Crippen LogP contribution < -0.4 is 4.90 Å². The van der Waals surface area contributed by atoms with Gasteiger partial charge in [0.2, 0.25) is 0 Å². The molecular formula is C53H35N3O. The molecule has 0 unspecified atom stereocenters. The smallest absolute Gasteiger partial charge is 0.137 e. The minimum Gasteiger partial charge on any atom is -0.456 e.